The summed E-state index contributed by atoms with van der Waals surface area (Å²) in [4.78, 5) is 37.0. The molecule has 0 aromatic carbocycles. The van der Waals surface area contributed by atoms with Crippen LogP contribution < -0.4 is 0 Å². The minimum absolute atomic E-state index is 0.0464. The Balaban J connectivity index is 4.28. The Kier molecular flexibility index (Phi) is 38.5. The predicted molar refractivity (Wildman–Crippen MR) is 234 cm³/mol. The average Bonchev–Trinajstić information content (AvgIpc) is 3.15. The number of hydrogen-bond donors (Lipinski definition) is 1. The van der Waals surface area contributed by atoms with Crippen molar-refractivity contribution in [2.75, 3.05) is 41.0 Å². The van der Waals surface area contributed by atoms with E-state index in [1.807, 2.05) is 21.1 Å². The van der Waals surface area contributed by atoms with E-state index < -0.39 is 18.1 Å². The molecule has 0 radical (unpaired) electrons. The van der Waals surface area contributed by atoms with Gasteiger partial charge in [-0.25, -0.2) is 4.79 Å². The lowest BCUT2D eigenvalue weighted by molar-refractivity contribution is -0.887. The molecule has 0 aromatic heterocycles. The fourth-order valence-corrected chi connectivity index (χ4v) is 7.21. The summed E-state index contributed by atoms with van der Waals surface area (Å²) in [5.74, 6) is -1.46. The second-order valence-electron chi connectivity index (χ2n) is 17.4. The van der Waals surface area contributed by atoms with Crippen molar-refractivity contribution in [2.45, 2.75) is 238 Å². The quantitative estimate of drug-likeness (QED) is 0.0284. The minimum atomic E-state index is -0.872. The molecule has 0 amide bonds. The zero-order chi connectivity index (χ0) is 41.4. The van der Waals surface area contributed by atoms with Gasteiger partial charge in [0.2, 0.25) is 0 Å². The number of ether oxygens (including phenoxy) is 3. The zero-order valence-corrected chi connectivity index (χ0v) is 37.6. The number of unbranched alkanes of at least 4 members (excludes halogenated alkanes) is 27. The Morgan fingerprint density at radius 3 is 1.29 bits per heavy atom. The molecule has 2 atom stereocenters. The number of carbonyl (C=O) groups is 3. The number of quaternary nitrogens is 1. The highest BCUT2D eigenvalue weighted by Gasteiger charge is 2.31. The number of esters is 2. The summed E-state index contributed by atoms with van der Waals surface area (Å²) in [5, 5.41) is 9.63. The van der Waals surface area contributed by atoms with E-state index in [1.54, 1.807) is 0 Å². The molecule has 0 saturated carbocycles. The second-order valence-corrected chi connectivity index (χ2v) is 17.4. The molecule has 8 nitrogen and oxygen atoms in total. The maximum Gasteiger partial charge on any atom is 0.362 e. The molecule has 0 fully saturated rings. The van der Waals surface area contributed by atoms with Crippen molar-refractivity contribution in [2.24, 2.45) is 0 Å². The third-order valence-corrected chi connectivity index (χ3v) is 10.9. The number of likely N-dealkylation sites (N-methyl/N-ethyl adjacent to an activating group) is 1. The monoisotopic (exact) mass is 795 g/mol. The van der Waals surface area contributed by atoms with E-state index >= 15 is 0 Å². The van der Waals surface area contributed by atoms with Gasteiger partial charge in [-0.1, -0.05) is 180 Å². The lowest BCUT2D eigenvalue weighted by Crippen LogP contribution is -2.50. The first kappa shape index (κ1) is 54.1. The van der Waals surface area contributed by atoms with Crippen LogP contribution in [0.5, 0.6) is 0 Å². The molecule has 56 heavy (non-hydrogen) atoms. The van der Waals surface area contributed by atoms with Gasteiger partial charge in [-0.3, -0.25) is 9.59 Å². The van der Waals surface area contributed by atoms with Crippen LogP contribution in [0.1, 0.15) is 226 Å². The van der Waals surface area contributed by atoms with Crippen LogP contribution in [0.4, 0.5) is 0 Å². The maximum atomic E-state index is 12.7. The first-order valence-electron chi connectivity index (χ1n) is 23.7. The molecule has 2 unspecified atom stereocenters. The highest BCUT2D eigenvalue weighted by molar-refractivity contribution is 5.72. The molecule has 0 heterocycles. The number of carboxylic acid groups (broad SMARTS) is 1. The van der Waals surface area contributed by atoms with E-state index in [-0.39, 0.29) is 36.2 Å². The number of nitrogens with zero attached hydrogens (tertiary/aromatic N) is 1. The van der Waals surface area contributed by atoms with Gasteiger partial charge in [0.1, 0.15) is 6.61 Å². The lowest BCUT2D eigenvalue weighted by Gasteiger charge is -2.31. The van der Waals surface area contributed by atoms with Gasteiger partial charge in [-0.15, -0.1) is 0 Å². The molecule has 8 heteroatoms. The summed E-state index contributed by atoms with van der Waals surface area (Å²) in [6.45, 7) is 4.76. The molecule has 0 rings (SSSR count). The van der Waals surface area contributed by atoms with Crippen LogP contribution in [-0.4, -0.2) is 80.6 Å². The number of rotatable bonds is 43. The summed E-state index contributed by atoms with van der Waals surface area (Å²) >= 11 is 0. The highest BCUT2D eigenvalue weighted by Crippen LogP contribution is 2.16. The number of hydrogen-bond acceptors (Lipinski definition) is 6. The summed E-state index contributed by atoms with van der Waals surface area (Å²) < 4.78 is 17.3. The van der Waals surface area contributed by atoms with E-state index in [1.165, 1.54) is 154 Å². The first-order valence-corrected chi connectivity index (χ1v) is 23.7. The van der Waals surface area contributed by atoms with Crippen LogP contribution >= 0.6 is 0 Å². The van der Waals surface area contributed by atoms with Crippen molar-refractivity contribution < 1.29 is 38.2 Å². The fraction of sp³-hybridized carbons (Fsp3) is 0.896. The molecule has 0 saturated heterocycles. The molecule has 0 spiro atoms. The molecular formula is C48H92NO7+. The van der Waals surface area contributed by atoms with Crippen molar-refractivity contribution in [3.8, 4) is 0 Å². The van der Waals surface area contributed by atoms with Crippen molar-refractivity contribution in [3.63, 3.8) is 0 Å². The largest absolute Gasteiger partial charge is 0.477 e. The Labute approximate surface area is 346 Å². The fourth-order valence-electron chi connectivity index (χ4n) is 7.21. The smallest absolute Gasteiger partial charge is 0.362 e. The van der Waals surface area contributed by atoms with Crippen LogP contribution in [0.15, 0.2) is 12.2 Å². The number of aliphatic carboxylic acids is 1. The van der Waals surface area contributed by atoms with Gasteiger partial charge < -0.3 is 23.8 Å². The van der Waals surface area contributed by atoms with Crippen LogP contribution in [0.3, 0.4) is 0 Å². The van der Waals surface area contributed by atoms with E-state index in [2.05, 4.69) is 26.0 Å². The minimum Gasteiger partial charge on any atom is -0.477 e. The summed E-state index contributed by atoms with van der Waals surface area (Å²) in [6, 6.07) is -0.611. The van der Waals surface area contributed by atoms with Gasteiger partial charge in [-0.05, 0) is 38.5 Å². The third kappa shape index (κ3) is 37.6. The summed E-state index contributed by atoms with van der Waals surface area (Å²) in [7, 11) is 5.54. The second kappa shape index (κ2) is 39.9. The van der Waals surface area contributed by atoms with Gasteiger partial charge in [0.05, 0.1) is 34.4 Å². The number of carbonyl (C=O) groups excluding carboxylic acids is 2. The molecule has 0 aliphatic heterocycles. The van der Waals surface area contributed by atoms with E-state index in [4.69, 9.17) is 14.2 Å². The normalized spacial score (nSPS) is 12.9. The van der Waals surface area contributed by atoms with Gasteiger partial charge >= 0.3 is 17.9 Å². The molecule has 0 aromatic rings. The molecule has 0 aliphatic carbocycles. The van der Waals surface area contributed by atoms with Gasteiger partial charge in [0, 0.05) is 19.3 Å². The third-order valence-electron chi connectivity index (χ3n) is 10.9. The van der Waals surface area contributed by atoms with Gasteiger partial charge in [0.25, 0.3) is 0 Å². The summed E-state index contributed by atoms with van der Waals surface area (Å²) in [5.41, 5.74) is 0. The van der Waals surface area contributed by atoms with Gasteiger partial charge in [0.15, 0.2) is 12.1 Å². The first-order chi connectivity index (χ1) is 27.1. The number of allylic oxidation sites excluding steroid dienone is 2. The van der Waals surface area contributed by atoms with Crippen molar-refractivity contribution in [1.29, 1.82) is 0 Å². The highest BCUT2D eigenvalue weighted by atomic mass is 16.6. The SMILES string of the molecule is CCCCCCCC/C=C/CCCCCCCCCC(=O)OC(COCCC(C(=O)O)[N+](C)(C)C)COC(=O)CCCCCCCCCCCCCCCCC. The lowest BCUT2D eigenvalue weighted by atomic mass is 10.0. The standard InChI is InChI=1S/C48H91NO7/c1-6-8-10-12-14-16-18-20-22-23-25-27-29-31-33-35-37-39-47(51)56-44(42-54-41-40-45(48(52)53)49(3,4)5)43-55-46(50)38-36-34-32-30-28-26-24-21-19-17-15-13-11-9-7-2/h20,22,44-45H,6-19,21,23-43H2,1-5H3/p+1/b22-20+. The molecule has 1 N–H and O–H groups in total. The van der Waals surface area contributed by atoms with Crippen LogP contribution in [-0.2, 0) is 28.6 Å². The van der Waals surface area contributed by atoms with Crippen LogP contribution in [0.25, 0.3) is 0 Å². The van der Waals surface area contributed by atoms with Gasteiger partial charge in [-0.2, -0.15) is 0 Å². The molecule has 0 aliphatic rings. The topological polar surface area (TPSA) is 99.1 Å². The average molecular weight is 795 g/mol. The molecule has 330 valence electrons. The van der Waals surface area contributed by atoms with Crippen LogP contribution in [0, 0.1) is 0 Å². The van der Waals surface area contributed by atoms with E-state index in [0.29, 0.717) is 19.3 Å². The Morgan fingerprint density at radius 2 is 0.893 bits per heavy atom. The van der Waals surface area contributed by atoms with Crippen molar-refractivity contribution in [1.82, 2.24) is 0 Å². The van der Waals surface area contributed by atoms with Crippen molar-refractivity contribution >= 4 is 17.9 Å². The van der Waals surface area contributed by atoms with Crippen LogP contribution in [0.2, 0.25) is 0 Å². The number of carboxylic acids is 1. The predicted octanol–water partition coefficient (Wildman–Crippen LogP) is 13.1. The molecule has 0 bridgehead atoms. The Bertz CT molecular complexity index is 931. The molecular weight excluding hydrogens is 703 g/mol. The van der Waals surface area contributed by atoms with E-state index in [0.717, 1.165) is 38.5 Å². The Hall–Kier alpha value is -1.93. The zero-order valence-electron chi connectivity index (χ0n) is 37.6. The van der Waals surface area contributed by atoms with Crippen molar-refractivity contribution in [3.05, 3.63) is 12.2 Å². The maximum absolute atomic E-state index is 12.7. The Morgan fingerprint density at radius 1 is 0.518 bits per heavy atom. The summed E-state index contributed by atoms with van der Waals surface area (Å²) in [6.07, 6.45) is 42.5. The van der Waals surface area contributed by atoms with E-state index in [9.17, 15) is 19.5 Å².